The molecule has 3 rings (SSSR count). The third-order valence-electron chi connectivity index (χ3n) is 3.73. The van der Waals surface area contributed by atoms with E-state index in [4.69, 9.17) is 5.73 Å². The van der Waals surface area contributed by atoms with Crippen molar-refractivity contribution in [2.24, 2.45) is 0 Å². The van der Waals surface area contributed by atoms with Crippen molar-refractivity contribution in [3.05, 3.63) is 72.1 Å². The standard InChI is InChI=1S/C18H19N3/c1-2-15-10-6-7-11-16(15)17-18(19)21(13-20-17)12-14-8-4-3-5-9-14/h3-11,13H,2,12,19H2,1H3. The van der Waals surface area contributed by atoms with Crippen LogP contribution in [-0.4, -0.2) is 9.55 Å². The average Bonchev–Trinajstić information content (AvgIpc) is 2.89. The number of benzene rings is 2. The van der Waals surface area contributed by atoms with E-state index in [0.717, 1.165) is 30.0 Å². The van der Waals surface area contributed by atoms with Gasteiger partial charge < -0.3 is 10.3 Å². The molecule has 3 aromatic rings. The summed E-state index contributed by atoms with van der Waals surface area (Å²) in [4.78, 5) is 4.53. The molecular formula is C18H19N3. The zero-order valence-electron chi connectivity index (χ0n) is 12.2. The predicted molar refractivity (Wildman–Crippen MR) is 87.0 cm³/mol. The molecule has 0 radical (unpaired) electrons. The van der Waals surface area contributed by atoms with E-state index < -0.39 is 0 Å². The lowest BCUT2D eigenvalue weighted by atomic mass is 10.0. The van der Waals surface area contributed by atoms with Crippen molar-refractivity contribution in [3.8, 4) is 11.3 Å². The second-order valence-electron chi connectivity index (χ2n) is 5.10. The van der Waals surface area contributed by atoms with Crippen molar-refractivity contribution in [2.75, 3.05) is 5.73 Å². The SMILES string of the molecule is CCc1ccccc1-c1ncn(Cc2ccccc2)c1N. The molecule has 0 fully saturated rings. The van der Waals surface area contributed by atoms with E-state index in [1.807, 2.05) is 35.2 Å². The predicted octanol–water partition coefficient (Wildman–Crippen LogP) is 3.74. The smallest absolute Gasteiger partial charge is 0.131 e. The minimum Gasteiger partial charge on any atom is -0.383 e. The van der Waals surface area contributed by atoms with Crippen LogP contribution >= 0.6 is 0 Å². The maximum atomic E-state index is 6.31. The Bertz CT molecular complexity index is 729. The molecule has 21 heavy (non-hydrogen) atoms. The molecule has 2 N–H and O–H groups in total. The number of aryl methyl sites for hydroxylation is 1. The number of anilines is 1. The molecule has 0 spiro atoms. The molecule has 1 aromatic heterocycles. The van der Waals surface area contributed by atoms with Crippen LogP contribution in [0.15, 0.2) is 60.9 Å². The lowest BCUT2D eigenvalue weighted by Crippen LogP contribution is -2.03. The normalized spacial score (nSPS) is 10.7. The van der Waals surface area contributed by atoms with Gasteiger partial charge in [-0.3, -0.25) is 0 Å². The molecule has 0 aliphatic carbocycles. The molecule has 2 aromatic carbocycles. The highest BCUT2D eigenvalue weighted by molar-refractivity contribution is 5.73. The summed E-state index contributed by atoms with van der Waals surface area (Å²) in [5.74, 6) is 0.722. The van der Waals surface area contributed by atoms with Crippen LogP contribution in [0, 0.1) is 0 Å². The molecule has 0 unspecified atom stereocenters. The fourth-order valence-corrected chi connectivity index (χ4v) is 2.57. The van der Waals surface area contributed by atoms with Crippen LogP contribution in [-0.2, 0) is 13.0 Å². The lowest BCUT2D eigenvalue weighted by Gasteiger charge is -2.08. The fourth-order valence-electron chi connectivity index (χ4n) is 2.57. The van der Waals surface area contributed by atoms with Crippen molar-refractivity contribution >= 4 is 5.82 Å². The maximum Gasteiger partial charge on any atom is 0.131 e. The van der Waals surface area contributed by atoms with E-state index in [2.05, 4.69) is 42.2 Å². The zero-order chi connectivity index (χ0) is 14.7. The van der Waals surface area contributed by atoms with Gasteiger partial charge in [-0.25, -0.2) is 4.98 Å². The molecule has 1 heterocycles. The van der Waals surface area contributed by atoms with Gasteiger partial charge in [0.25, 0.3) is 0 Å². The number of rotatable bonds is 4. The summed E-state index contributed by atoms with van der Waals surface area (Å²) in [6, 6.07) is 18.6. The molecular weight excluding hydrogens is 258 g/mol. The van der Waals surface area contributed by atoms with Gasteiger partial charge in [-0.15, -0.1) is 0 Å². The molecule has 0 bridgehead atoms. The third kappa shape index (κ3) is 2.68. The second-order valence-corrected chi connectivity index (χ2v) is 5.10. The van der Waals surface area contributed by atoms with Crippen LogP contribution in [0.25, 0.3) is 11.3 Å². The Kier molecular flexibility index (Phi) is 3.73. The van der Waals surface area contributed by atoms with Gasteiger partial charge in [-0.2, -0.15) is 0 Å². The van der Waals surface area contributed by atoms with Crippen LogP contribution < -0.4 is 5.73 Å². The van der Waals surface area contributed by atoms with Crippen molar-refractivity contribution < 1.29 is 0 Å². The highest BCUT2D eigenvalue weighted by atomic mass is 15.1. The Balaban J connectivity index is 1.96. The monoisotopic (exact) mass is 277 g/mol. The fraction of sp³-hybridized carbons (Fsp3) is 0.167. The number of hydrogen-bond donors (Lipinski definition) is 1. The first kappa shape index (κ1) is 13.4. The quantitative estimate of drug-likeness (QED) is 0.789. The van der Waals surface area contributed by atoms with Crippen LogP contribution in [0.4, 0.5) is 5.82 Å². The minimum atomic E-state index is 0.722. The largest absolute Gasteiger partial charge is 0.383 e. The van der Waals surface area contributed by atoms with Crippen LogP contribution in [0.2, 0.25) is 0 Å². The number of imidazole rings is 1. The second kappa shape index (κ2) is 5.83. The first-order valence-corrected chi connectivity index (χ1v) is 7.22. The van der Waals surface area contributed by atoms with Crippen LogP contribution in [0.5, 0.6) is 0 Å². The first-order valence-electron chi connectivity index (χ1n) is 7.22. The topological polar surface area (TPSA) is 43.8 Å². The molecule has 0 saturated heterocycles. The molecule has 3 nitrogen and oxygen atoms in total. The summed E-state index contributed by atoms with van der Waals surface area (Å²) < 4.78 is 2.00. The maximum absolute atomic E-state index is 6.31. The summed E-state index contributed by atoms with van der Waals surface area (Å²) in [7, 11) is 0. The minimum absolute atomic E-state index is 0.722. The lowest BCUT2D eigenvalue weighted by molar-refractivity contribution is 0.808. The van der Waals surface area contributed by atoms with E-state index in [1.165, 1.54) is 11.1 Å². The van der Waals surface area contributed by atoms with Gasteiger partial charge in [-0.05, 0) is 17.5 Å². The Morgan fingerprint density at radius 1 is 1.00 bits per heavy atom. The number of aromatic nitrogens is 2. The third-order valence-corrected chi connectivity index (χ3v) is 3.73. The summed E-state index contributed by atoms with van der Waals surface area (Å²) >= 11 is 0. The van der Waals surface area contributed by atoms with E-state index in [-0.39, 0.29) is 0 Å². The molecule has 3 heteroatoms. The van der Waals surface area contributed by atoms with E-state index >= 15 is 0 Å². The van der Waals surface area contributed by atoms with Gasteiger partial charge in [-0.1, -0.05) is 61.5 Å². The number of nitrogen functional groups attached to an aromatic ring is 1. The van der Waals surface area contributed by atoms with Gasteiger partial charge in [0.1, 0.15) is 11.5 Å². The van der Waals surface area contributed by atoms with Crippen molar-refractivity contribution in [1.29, 1.82) is 0 Å². The Morgan fingerprint density at radius 3 is 2.48 bits per heavy atom. The number of nitrogens with two attached hydrogens (primary N) is 1. The Morgan fingerprint density at radius 2 is 1.71 bits per heavy atom. The highest BCUT2D eigenvalue weighted by Gasteiger charge is 2.12. The van der Waals surface area contributed by atoms with Crippen LogP contribution in [0.1, 0.15) is 18.1 Å². The summed E-state index contributed by atoms with van der Waals surface area (Å²) in [6.45, 7) is 2.89. The number of nitrogens with zero attached hydrogens (tertiary/aromatic N) is 2. The van der Waals surface area contributed by atoms with Gasteiger partial charge >= 0.3 is 0 Å². The average molecular weight is 277 g/mol. The summed E-state index contributed by atoms with van der Waals surface area (Å²) in [5.41, 5.74) is 10.8. The first-order chi connectivity index (χ1) is 10.3. The van der Waals surface area contributed by atoms with E-state index in [9.17, 15) is 0 Å². The molecule has 0 aliphatic rings. The molecule has 0 aliphatic heterocycles. The van der Waals surface area contributed by atoms with Crippen molar-refractivity contribution in [2.45, 2.75) is 19.9 Å². The van der Waals surface area contributed by atoms with Gasteiger partial charge in [0.15, 0.2) is 0 Å². The molecule has 0 saturated carbocycles. The van der Waals surface area contributed by atoms with E-state index in [0.29, 0.717) is 0 Å². The van der Waals surface area contributed by atoms with Gasteiger partial charge in [0.05, 0.1) is 12.9 Å². The van der Waals surface area contributed by atoms with Gasteiger partial charge in [0.2, 0.25) is 0 Å². The highest BCUT2D eigenvalue weighted by Crippen LogP contribution is 2.28. The zero-order valence-corrected chi connectivity index (χ0v) is 12.2. The van der Waals surface area contributed by atoms with Gasteiger partial charge in [0, 0.05) is 5.56 Å². The van der Waals surface area contributed by atoms with Crippen LogP contribution in [0.3, 0.4) is 0 Å². The van der Waals surface area contributed by atoms with Crippen molar-refractivity contribution in [3.63, 3.8) is 0 Å². The molecule has 0 amide bonds. The number of hydrogen-bond acceptors (Lipinski definition) is 2. The van der Waals surface area contributed by atoms with Crippen molar-refractivity contribution in [1.82, 2.24) is 9.55 Å². The molecule has 0 atom stereocenters. The Hall–Kier alpha value is -2.55. The Labute approximate surface area is 125 Å². The summed E-state index contributed by atoms with van der Waals surface area (Å²) in [6.07, 6.45) is 2.80. The summed E-state index contributed by atoms with van der Waals surface area (Å²) in [5, 5.41) is 0. The molecule has 106 valence electrons. The van der Waals surface area contributed by atoms with E-state index in [1.54, 1.807) is 0 Å².